The number of hydrogen-bond acceptors (Lipinski definition) is 6. The van der Waals surface area contributed by atoms with Gasteiger partial charge in [0, 0.05) is 19.3 Å². The third-order valence-electron chi connectivity index (χ3n) is 4.97. The van der Waals surface area contributed by atoms with Crippen LogP contribution in [0.5, 0.6) is 0 Å². The van der Waals surface area contributed by atoms with E-state index in [1.807, 2.05) is 59.4 Å². The monoisotopic (exact) mass is 349 g/mol. The van der Waals surface area contributed by atoms with Crippen LogP contribution in [-0.4, -0.2) is 49.7 Å². The number of benzene rings is 1. The first-order chi connectivity index (χ1) is 12.8. The van der Waals surface area contributed by atoms with Crippen LogP contribution < -0.4 is 5.32 Å². The molecule has 7 heteroatoms. The van der Waals surface area contributed by atoms with E-state index in [0.717, 1.165) is 43.4 Å². The van der Waals surface area contributed by atoms with Crippen LogP contribution in [0.25, 0.3) is 5.69 Å². The average Bonchev–Trinajstić information content (AvgIpc) is 3.37. The molecule has 1 aliphatic heterocycles. The summed E-state index contributed by atoms with van der Waals surface area (Å²) >= 11 is 0. The average molecular weight is 349 g/mol. The summed E-state index contributed by atoms with van der Waals surface area (Å²) in [6.45, 7) is 5.20. The molecule has 3 aromatic rings. The SMILES string of the molecule is C[C@H](c1nnnn1-c1ccccc1)N1CC[C@H](CNc2ccccn2)C1. The minimum atomic E-state index is 0.171. The van der Waals surface area contributed by atoms with Crippen LogP contribution in [0.2, 0.25) is 0 Å². The molecule has 0 saturated carbocycles. The van der Waals surface area contributed by atoms with Crippen molar-refractivity contribution in [3.8, 4) is 5.69 Å². The normalized spacial score (nSPS) is 18.7. The van der Waals surface area contributed by atoms with E-state index in [-0.39, 0.29) is 6.04 Å². The fraction of sp³-hybridized carbons (Fsp3) is 0.368. The molecule has 0 spiro atoms. The Hall–Kier alpha value is -2.80. The number of para-hydroxylation sites is 1. The van der Waals surface area contributed by atoms with Gasteiger partial charge in [-0.2, -0.15) is 4.68 Å². The van der Waals surface area contributed by atoms with E-state index in [0.29, 0.717) is 5.92 Å². The number of aromatic nitrogens is 5. The molecule has 0 unspecified atom stereocenters. The fourth-order valence-electron chi connectivity index (χ4n) is 3.47. The molecule has 1 aromatic carbocycles. The Bertz CT molecular complexity index is 818. The van der Waals surface area contributed by atoms with E-state index >= 15 is 0 Å². The zero-order valence-corrected chi connectivity index (χ0v) is 14.9. The van der Waals surface area contributed by atoms with Crippen LogP contribution in [0.4, 0.5) is 5.82 Å². The third kappa shape index (κ3) is 3.57. The number of pyridine rings is 1. The Morgan fingerprint density at radius 2 is 2.00 bits per heavy atom. The smallest absolute Gasteiger partial charge is 0.173 e. The molecule has 4 rings (SSSR count). The molecule has 1 aliphatic rings. The zero-order chi connectivity index (χ0) is 17.8. The molecule has 0 radical (unpaired) electrons. The van der Waals surface area contributed by atoms with Gasteiger partial charge in [0.15, 0.2) is 5.82 Å². The highest BCUT2D eigenvalue weighted by atomic mass is 15.6. The molecule has 3 heterocycles. The lowest BCUT2D eigenvalue weighted by molar-refractivity contribution is 0.242. The third-order valence-corrected chi connectivity index (χ3v) is 4.97. The first-order valence-electron chi connectivity index (χ1n) is 9.04. The van der Waals surface area contributed by atoms with Crippen LogP contribution in [-0.2, 0) is 0 Å². The molecule has 134 valence electrons. The minimum absolute atomic E-state index is 0.171. The summed E-state index contributed by atoms with van der Waals surface area (Å²) in [6, 6.07) is 16.2. The van der Waals surface area contributed by atoms with Crippen molar-refractivity contribution in [2.24, 2.45) is 5.92 Å². The lowest BCUT2D eigenvalue weighted by Crippen LogP contribution is -2.28. The standard InChI is InChI=1S/C19H23N7/c1-15(19-22-23-24-26(19)17-7-3-2-4-8-17)25-12-10-16(14-25)13-21-18-9-5-6-11-20-18/h2-9,11,15-16H,10,12-14H2,1H3,(H,20,21)/t15-,16-/m1/s1. The number of anilines is 1. The number of likely N-dealkylation sites (tertiary alicyclic amines) is 1. The van der Waals surface area contributed by atoms with Gasteiger partial charge >= 0.3 is 0 Å². The Morgan fingerprint density at radius 1 is 1.15 bits per heavy atom. The van der Waals surface area contributed by atoms with Crippen molar-refractivity contribution in [1.82, 2.24) is 30.1 Å². The Balaban J connectivity index is 1.39. The Labute approximate surface area is 153 Å². The van der Waals surface area contributed by atoms with E-state index in [9.17, 15) is 0 Å². The first kappa shape index (κ1) is 16.7. The summed E-state index contributed by atoms with van der Waals surface area (Å²) in [6.07, 6.45) is 2.98. The van der Waals surface area contributed by atoms with Crippen LogP contribution >= 0.6 is 0 Å². The molecule has 2 atom stereocenters. The largest absolute Gasteiger partial charge is 0.370 e. The van der Waals surface area contributed by atoms with Crippen LogP contribution in [0.1, 0.15) is 25.2 Å². The van der Waals surface area contributed by atoms with E-state index in [2.05, 4.69) is 37.6 Å². The van der Waals surface area contributed by atoms with Gasteiger partial charge in [-0.3, -0.25) is 4.90 Å². The van der Waals surface area contributed by atoms with Gasteiger partial charge in [-0.1, -0.05) is 24.3 Å². The van der Waals surface area contributed by atoms with Crippen molar-refractivity contribution in [3.05, 3.63) is 60.6 Å². The summed E-state index contributed by atoms with van der Waals surface area (Å²) in [5, 5.41) is 15.8. The summed E-state index contributed by atoms with van der Waals surface area (Å²) in [5.41, 5.74) is 0.993. The summed E-state index contributed by atoms with van der Waals surface area (Å²) in [7, 11) is 0. The van der Waals surface area contributed by atoms with Gasteiger partial charge in [0.2, 0.25) is 0 Å². The number of tetrazole rings is 1. The van der Waals surface area contributed by atoms with Gasteiger partial charge < -0.3 is 5.32 Å². The van der Waals surface area contributed by atoms with Crippen molar-refractivity contribution in [1.29, 1.82) is 0 Å². The quantitative estimate of drug-likeness (QED) is 0.737. The van der Waals surface area contributed by atoms with Crippen LogP contribution in [0.15, 0.2) is 54.7 Å². The van der Waals surface area contributed by atoms with Crippen molar-refractivity contribution < 1.29 is 0 Å². The molecule has 0 amide bonds. The summed E-state index contributed by atoms with van der Waals surface area (Å²) < 4.78 is 1.84. The van der Waals surface area contributed by atoms with Gasteiger partial charge in [-0.05, 0) is 60.5 Å². The number of rotatable bonds is 6. The predicted octanol–water partition coefficient (Wildman–Crippen LogP) is 2.55. The topological polar surface area (TPSA) is 71.8 Å². The Kier molecular flexibility index (Phi) is 4.88. The van der Waals surface area contributed by atoms with Crippen LogP contribution in [0, 0.1) is 5.92 Å². The lowest BCUT2D eigenvalue weighted by atomic mass is 10.1. The molecule has 26 heavy (non-hydrogen) atoms. The highest BCUT2D eigenvalue weighted by Gasteiger charge is 2.29. The lowest BCUT2D eigenvalue weighted by Gasteiger charge is -2.23. The fourth-order valence-corrected chi connectivity index (χ4v) is 3.47. The van der Waals surface area contributed by atoms with Crippen molar-refractivity contribution in [2.75, 3.05) is 25.0 Å². The molecule has 7 nitrogen and oxygen atoms in total. The molecule has 1 N–H and O–H groups in total. The van der Waals surface area contributed by atoms with E-state index in [1.165, 1.54) is 0 Å². The second-order valence-corrected chi connectivity index (χ2v) is 6.71. The predicted molar refractivity (Wildman–Crippen MR) is 100.0 cm³/mol. The van der Waals surface area contributed by atoms with E-state index < -0.39 is 0 Å². The number of nitrogens with one attached hydrogen (secondary N) is 1. The number of nitrogens with zero attached hydrogens (tertiary/aromatic N) is 6. The highest BCUT2D eigenvalue weighted by molar-refractivity contribution is 5.33. The van der Waals surface area contributed by atoms with Gasteiger partial charge in [-0.25, -0.2) is 4.98 Å². The maximum absolute atomic E-state index is 4.33. The molecule has 0 bridgehead atoms. The van der Waals surface area contributed by atoms with Gasteiger partial charge in [0.1, 0.15) is 5.82 Å². The minimum Gasteiger partial charge on any atom is -0.370 e. The maximum atomic E-state index is 4.33. The summed E-state index contributed by atoms with van der Waals surface area (Å²) in [5.74, 6) is 2.42. The highest BCUT2D eigenvalue weighted by Crippen LogP contribution is 2.27. The first-order valence-corrected chi connectivity index (χ1v) is 9.04. The Morgan fingerprint density at radius 3 is 2.81 bits per heavy atom. The summed E-state index contributed by atoms with van der Waals surface area (Å²) in [4.78, 5) is 6.78. The molecule has 2 aromatic heterocycles. The van der Waals surface area contributed by atoms with Crippen molar-refractivity contribution in [2.45, 2.75) is 19.4 Å². The molecule has 1 saturated heterocycles. The van der Waals surface area contributed by atoms with Gasteiger partial charge in [-0.15, -0.1) is 5.10 Å². The molecule has 1 fully saturated rings. The van der Waals surface area contributed by atoms with Gasteiger partial charge in [0.05, 0.1) is 11.7 Å². The van der Waals surface area contributed by atoms with E-state index in [1.54, 1.807) is 0 Å². The maximum Gasteiger partial charge on any atom is 0.173 e. The second-order valence-electron chi connectivity index (χ2n) is 6.71. The zero-order valence-electron chi connectivity index (χ0n) is 14.9. The van der Waals surface area contributed by atoms with E-state index in [4.69, 9.17) is 0 Å². The van der Waals surface area contributed by atoms with Gasteiger partial charge in [0.25, 0.3) is 0 Å². The molecular weight excluding hydrogens is 326 g/mol. The molecular formula is C19H23N7. The van der Waals surface area contributed by atoms with Crippen molar-refractivity contribution >= 4 is 5.82 Å². The molecule has 0 aliphatic carbocycles. The van der Waals surface area contributed by atoms with Crippen LogP contribution in [0.3, 0.4) is 0 Å². The van der Waals surface area contributed by atoms with Crippen molar-refractivity contribution in [3.63, 3.8) is 0 Å². The number of hydrogen-bond donors (Lipinski definition) is 1. The second kappa shape index (κ2) is 7.61.